The summed E-state index contributed by atoms with van der Waals surface area (Å²) in [5, 5.41) is 12.0. The van der Waals surface area contributed by atoms with Crippen LogP contribution in [0.1, 0.15) is 17.3 Å². The van der Waals surface area contributed by atoms with Gasteiger partial charge in [-0.05, 0) is 11.6 Å². The molecular formula is C14H14N4O3. The second-order valence-corrected chi connectivity index (χ2v) is 4.75. The lowest BCUT2D eigenvalue weighted by Crippen LogP contribution is -2.39. The van der Waals surface area contributed by atoms with Crippen LogP contribution in [0.5, 0.6) is 0 Å². The number of rotatable bonds is 3. The number of aromatic nitrogens is 2. The van der Waals surface area contributed by atoms with Crippen molar-refractivity contribution in [3.63, 3.8) is 0 Å². The van der Waals surface area contributed by atoms with Gasteiger partial charge >= 0.3 is 12.0 Å². The minimum atomic E-state index is -0.927. The molecule has 1 aliphatic heterocycles. The summed E-state index contributed by atoms with van der Waals surface area (Å²) in [6.45, 7) is 0.404. The molecule has 1 unspecified atom stereocenters. The number of H-pyrrole nitrogens is 1. The molecule has 1 atom stereocenters. The number of amides is 2. The van der Waals surface area contributed by atoms with Crippen molar-refractivity contribution in [1.29, 1.82) is 0 Å². The lowest BCUT2D eigenvalue weighted by atomic mass is 10.0. The number of nitrogens with zero attached hydrogens (tertiary/aromatic N) is 2. The molecule has 3 N–H and O–H groups in total. The van der Waals surface area contributed by atoms with Crippen LogP contribution in [0.25, 0.3) is 0 Å². The number of para-hydroxylation sites is 1. The third-order valence-corrected chi connectivity index (χ3v) is 3.47. The molecule has 21 heavy (non-hydrogen) atoms. The minimum absolute atomic E-state index is 0.138. The normalized spacial score (nSPS) is 16.6. The number of carbonyl (C=O) groups excluding carboxylic acids is 1. The zero-order valence-electron chi connectivity index (χ0n) is 11.1. The van der Waals surface area contributed by atoms with E-state index in [1.165, 1.54) is 4.90 Å². The Hall–Kier alpha value is -2.83. The number of nitrogens with one attached hydrogen (secondary N) is 2. The molecular weight excluding hydrogens is 272 g/mol. The highest BCUT2D eigenvalue weighted by molar-refractivity contribution is 5.97. The highest BCUT2D eigenvalue weighted by Gasteiger charge is 2.36. The Bertz CT molecular complexity index is 669. The van der Waals surface area contributed by atoms with Crippen LogP contribution in [-0.4, -0.2) is 33.6 Å². The van der Waals surface area contributed by atoms with Crippen LogP contribution < -0.4 is 10.2 Å². The van der Waals surface area contributed by atoms with Crippen LogP contribution in [0, 0.1) is 0 Å². The van der Waals surface area contributed by atoms with Gasteiger partial charge in [0.15, 0.2) is 0 Å². The molecule has 0 radical (unpaired) electrons. The number of hydrogen-bond acceptors (Lipinski definition) is 3. The predicted octanol–water partition coefficient (Wildman–Crippen LogP) is 1.31. The maximum absolute atomic E-state index is 12.3. The van der Waals surface area contributed by atoms with Gasteiger partial charge in [0.1, 0.15) is 11.7 Å². The summed E-state index contributed by atoms with van der Waals surface area (Å²) in [5.74, 6) is -0.968. The number of aliphatic carboxylic acids is 1. The maximum Gasteiger partial charge on any atom is 0.322 e. The van der Waals surface area contributed by atoms with Crippen LogP contribution in [-0.2, 0) is 11.3 Å². The summed E-state index contributed by atoms with van der Waals surface area (Å²) in [6.07, 6.45) is 3.28. The Morgan fingerprint density at radius 3 is 2.95 bits per heavy atom. The molecule has 0 saturated heterocycles. The number of carbonyl (C=O) groups is 2. The molecule has 0 aliphatic carbocycles. The third kappa shape index (κ3) is 2.45. The van der Waals surface area contributed by atoms with Crippen LogP contribution >= 0.6 is 0 Å². The summed E-state index contributed by atoms with van der Waals surface area (Å²) in [4.78, 5) is 31.9. The Morgan fingerprint density at radius 2 is 2.24 bits per heavy atom. The van der Waals surface area contributed by atoms with Crippen LogP contribution in [0.4, 0.5) is 10.5 Å². The van der Waals surface area contributed by atoms with E-state index < -0.39 is 11.9 Å². The zero-order chi connectivity index (χ0) is 14.8. The van der Waals surface area contributed by atoms with Gasteiger partial charge < -0.3 is 15.4 Å². The van der Waals surface area contributed by atoms with Gasteiger partial charge in [0.2, 0.25) is 0 Å². The van der Waals surface area contributed by atoms with E-state index in [9.17, 15) is 14.7 Å². The molecule has 2 aromatic rings. The van der Waals surface area contributed by atoms with E-state index >= 15 is 0 Å². The molecule has 1 aromatic heterocycles. The monoisotopic (exact) mass is 286 g/mol. The van der Waals surface area contributed by atoms with Crippen molar-refractivity contribution in [1.82, 2.24) is 15.3 Å². The smallest absolute Gasteiger partial charge is 0.322 e. The van der Waals surface area contributed by atoms with Crippen LogP contribution in [0.15, 0.2) is 36.7 Å². The number of imidazole rings is 1. The van der Waals surface area contributed by atoms with Gasteiger partial charge in [0.25, 0.3) is 0 Å². The molecule has 0 bridgehead atoms. The second-order valence-electron chi connectivity index (χ2n) is 4.75. The molecule has 2 amide bonds. The molecule has 1 aromatic carbocycles. The Morgan fingerprint density at radius 1 is 1.43 bits per heavy atom. The van der Waals surface area contributed by atoms with Crippen molar-refractivity contribution in [2.45, 2.75) is 12.5 Å². The Labute approximate surface area is 120 Å². The van der Waals surface area contributed by atoms with Crippen molar-refractivity contribution < 1.29 is 14.7 Å². The lowest BCUT2D eigenvalue weighted by Gasteiger charge is -2.17. The number of fused-ring (bicyclic) bond motifs is 1. The summed E-state index contributed by atoms with van der Waals surface area (Å²) >= 11 is 0. The molecule has 7 nitrogen and oxygen atoms in total. The summed E-state index contributed by atoms with van der Waals surface area (Å²) in [7, 11) is 0. The fourth-order valence-electron chi connectivity index (χ4n) is 2.46. The van der Waals surface area contributed by atoms with E-state index in [1.54, 1.807) is 36.7 Å². The summed E-state index contributed by atoms with van der Waals surface area (Å²) < 4.78 is 0. The topological polar surface area (TPSA) is 98.3 Å². The molecule has 3 rings (SSSR count). The molecule has 0 spiro atoms. The van der Waals surface area contributed by atoms with Gasteiger partial charge in [0, 0.05) is 24.6 Å². The summed E-state index contributed by atoms with van der Waals surface area (Å²) in [5.41, 5.74) is 1.31. The van der Waals surface area contributed by atoms with Gasteiger partial charge in [-0.1, -0.05) is 18.2 Å². The first-order valence-corrected chi connectivity index (χ1v) is 6.52. The van der Waals surface area contributed by atoms with Crippen molar-refractivity contribution in [2.24, 2.45) is 0 Å². The van der Waals surface area contributed by atoms with E-state index in [1.807, 2.05) is 0 Å². The van der Waals surface area contributed by atoms with Crippen molar-refractivity contribution in [2.75, 3.05) is 11.4 Å². The average molecular weight is 286 g/mol. The standard InChI is InChI=1S/C14H14N4O3/c19-13(20)10-8-18(11-4-2-1-3-9(10)11)14(21)17-7-12-15-5-6-16-12/h1-6,10H,7-8H2,(H,15,16)(H,17,21)(H,19,20). The molecule has 108 valence electrons. The lowest BCUT2D eigenvalue weighted by molar-refractivity contribution is -0.138. The van der Waals surface area contributed by atoms with E-state index in [4.69, 9.17) is 0 Å². The maximum atomic E-state index is 12.3. The first-order chi connectivity index (χ1) is 10.2. The molecule has 1 aliphatic rings. The number of benzene rings is 1. The van der Waals surface area contributed by atoms with Crippen molar-refractivity contribution >= 4 is 17.7 Å². The van der Waals surface area contributed by atoms with Crippen molar-refractivity contribution in [3.05, 3.63) is 48.0 Å². The number of urea groups is 1. The number of carboxylic acids is 1. The largest absolute Gasteiger partial charge is 0.481 e. The van der Waals surface area contributed by atoms with Gasteiger partial charge in [-0.15, -0.1) is 0 Å². The van der Waals surface area contributed by atoms with Crippen LogP contribution in [0.3, 0.4) is 0 Å². The quantitative estimate of drug-likeness (QED) is 0.792. The van der Waals surface area contributed by atoms with Crippen LogP contribution in [0.2, 0.25) is 0 Å². The molecule has 7 heteroatoms. The van der Waals surface area contributed by atoms with Gasteiger partial charge in [-0.25, -0.2) is 9.78 Å². The highest BCUT2D eigenvalue weighted by Crippen LogP contribution is 2.36. The first kappa shape index (κ1) is 13.2. The SMILES string of the molecule is O=C(O)C1CN(C(=O)NCc2ncc[nH]2)c2ccccc21. The Kier molecular flexibility index (Phi) is 3.31. The fourth-order valence-corrected chi connectivity index (χ4v) is 2.46. The first-order valence-electron chi connectivity index (χ1n) is 6.52. The molecule has 0 fully saturated rings. The number of aromatic amines is 1. The van der Waals surface area contributed by atoms with Gasteiger partial charge in [-0.3, -0.25) is 9.69 Å². The van der Waals surface area contributed by atoms with E-state index in [0.717, 1.165) is 0 Å². The second kappa shape index (κ2) is 5.28. The van der Waals surface area contributed by atoms with E-state index in [2.05, 4.69) is 15.3 Å². The van der Waals surface area contributed by atoms with Gasteiger partial charge in [-0.2, -0.15) is 0 Å². The summed E-state index contributed by atoms with van der Waals surface area (Å²) in [6, 6.07) is 6.73. The van der Waals surface area contributed by atoms with E-state index in [0.29, 0.717) is 17.1 Å². The number of hydrogen-bond donors (Lipinski definition) is 3. The highest BCUT2D eigenvalue weighted by atomic mass is 16.4. The van der Waals surface area contributed by atoms with Gasteiger partial charge in [0.05, 0.1) is 6.54 Å². The minimum Gasteiger partial charge on any atom is -0.481 e. The third-order valence-electron chi connectivity index (χ3n) is 3.47. The molecule has 0 saturated carbocycles. The number of anilines is 1. The average Bonchev–Trinajstić information content (AvgIpc) is 3.12. The Balaban J connectivity index is 1.76. The van der Waals surface area contributed by atoms with E-state index in [-0.39, 0.29) is 19.1 Å². The zero-order valence-corrected chi connectivity index (χ0v) is 11.1. The number of carboxylic acid groups (broad SMARTS) is 1. The fraction of sp³-hybridized carbons (Fsp3) is 0.214. The van der Waals surface area contributed by atoms with Crippen molar-refractivity contribution in [3.8, 4) is 0 Å². The molecule has 2 heterocycles. The predicted molar refractivity (Wildman–Crippen MR) is 75.0 cm³/mol.